The quantitative estimate of drug-likeness (QED) is 0.447. The lowest BCUT2D eigenvalue weighted by Gasteiger charge is -2.13. The summed E-state index contributed by atoms with van der Waals surface area (Å²) >= 11 is 0. The van der Waals surface area contributed by atoms with Crippen LogP contribution in [0.25, 0.3) is 0 Å². The average molecular weight is 236 g/mol. The highest BCUT2D eigenvalue weighted by molar-refractivity contribution is 6.49. The average Bonchev–Trinajstić information content (AvgIpc) is 2.26. The van der Waals surface area contributed by atoms with Gasteiger partial charge in [0.25, 0.3) is 0 Å². The predicted molar refractivity (Wildman–Crippen MR) is 65.9 cm³/mol. The maximum atomic E-state index is 10.9. The first kappa shape index (κ1) is 12.5. The number of carbonyl (C=O) groups is 1. The van der Waals surface area contributed by atoms with Crippen LogP contribution in [-0.2, 0) is 16.1 Å². The van der Waals surface area contributed by atoms with E-state index in [-0.39, 0.29) is 6.61 Å². The van der Waals surface area contributed by atoms with Gasteiger partial charge in [-0.25, -0.2) is 4.79 Å². The fraction of sp³-hybridized carbons (Fsp3) is 0.250. The minimum Gasteiger partial charge on any atom is -0.547 e. The monoisotopic (exact) mass is 236 g/mol. The van der Waals surface area contributed by atoms with Gasteiger partial charge in [-0.3, -0.25) is 0 Å². The molecule has 86 valence electrons. The van der Waals surface area contributed by atoms with Gasteiger partial charge in [-0.15, -0.1) is 0 Å². The highest BCUT2D eigenvalue weighted by Gasteiger charge is 2.06. The molecule has 0 atom stereocenters. The van der Waals surface area contributed by atoms with E-state index in [2.05, 4.69) is 19.7 Å². The second-order valence-electron chi connectivity index (χ2n) is 3.59. The largest absolute Gasteiger partial charge is 0.547 e. The Morgan fingerprint density at radius 1 is 1.44 bits per heavy atom. The number of carbonyl (C=O) groups excluding carboxylic acids is 1. The van der Waals surface area contributed by atoms with Crippen LogP contribution >= 0.6 is 0 Å². The van der Waals surface area contributed by atoms with E-state index in [1.165, 1.54) is 0 Å². The zero-order valence-corrected chi connectivity index (χ0v) is 10.8. The highest BCUT2D eigenvalue weighted by atomic mass is 28.3. The standard InChI is InChI=1S/C12H16O3Si/c1-4-12(13)14-9-10-7-5-6-8-11(10)15-16(2)3/h4-8,16H,1,9H2,2-3H3. The molecule has 0 amide bonds. The van der Waals surface area contributed by atoms with Crippen molar-refractivity contribution in [1.82, 2.24) is 0 Å². The molecule has 0 radical (unpaired) electrons. The van der Waals surface area contributed by atoms with Crippen molar-refractivity contribution in [1.29, 1.82) is 0 Å². The summed E-state index contributed by atoms with van der Waals surface area (Å²) in [5.41, 5.74) is 0.888. The molecule has 4 heteroatoms. The van der Waals surface area contributed by atoms with Gasteiger partial charge in [-0.05, 0) is 19.2 Å². The third kappa shape index (κ3) is 3.90. The second kappa shape index (κ2) is 6.12. The number of hydrogen-bond donors (Lipinski definition) is 0. The van der Waals surface area contributed by atoms with Crippen molar-refractivity contribution >= 4 is 15.0 Å². The molecule has 0 unspecified atom stereocenters. The lowest BCUT2D eigenvalue weighted by molar-refractivity contribution is -0.138. The molecule has 0 fully saturated rings. The van der Waals surface area contributed by atoms with E-state index >= 15 is 0 Å². The van der Waals surface area contributed by atoms with E-state index in [1.807, 2.05) is 24.3 Å². The number of rotatable bonds is 5. The van der Waals surface area contributed by atoms with Crippen molar-refractivity contribution < 1.29 is 14.0 Å². The summed E-state index contributed by atoms with van der Waals surface area (Å²) in [4.78, 5) is 10.9. The van der Waals surface area contributed by atoms with Crippen molar-refractivity contribution in [3.63, 3.8) is 0 Å². The summed E-state index contributed by atoms with van der Waals surface area (Å²) < 4.78 is 10.7. The van der Waals surface area contributed by atoms with Gasteiger partial charge in [-0.1, -0.05) is 24.8 Å². The smallest absolute Gasteiger partial charge is 0.330 e. The Morgan fingerprint density at radius 3 is 2.75 bits per heavy atom. The molecule has 0 aliphatic carbocycles. The Kier molecular flexibility index (Phi) is 4.79. The van der Waals surface area contributed by atoms with Gasteiger partial charge in [0.1, 0.15) is 12.4 Å². The molecule has 0 aliphatic heterocycles. The van der Waals surface area contributed by atoms with Gasteiger partial charge >= 0.3 is 5.97 Å². The molecule has 0 spiro atoms. The Labute approximate surface area is 97.4 Å². The molecule has 0 saturated carbocycles. The minimum atomic E-state index is -1.14. The fourth-order valence-corrected chi connectivity index (χ4v) is 1.94. The van der Waals surface area contributed by atoms with Crippen molar-refractivity contribution in [2.24, 2.45) is 0 Å². The van der Waals surface area contributed by atoms with Gasteiger partial charge in [0.05, 0.1) is 0 Å². The van der Waals surface area contributed by atoms with Crippen molar-refractivity contribution in [2.45, 2.75) is 19.7 Å². The normalized spacial score (nSPS) is 9.94. The Bertz CT molecular complexity index is 374. The summed E-state index contributed by atoms with van der Waals surface area (Å²) in [6.07, 6.45) is 1.15. The molecular formula is C12H16O3Si. The van der Waals surface area contributed by atoms with E-state index < -0.39 is 15.0 Å². The van der Waals surface area contributed by atoms with Crippen molar-refractivity contribution in [3.8, 4) is 5.75 Å². The van der Waals surface area contributed by atoms with Crippen LogP contribution in [0.2, 0.25) is 13.1 Å². The zero-order chi connectivity index (χ0) is 12.0. The van der Waals surface area contributed by atoms with E-state index in [9.17, 15) is 4.79 Å². The molecule has 3 nitrogen and oxygen atoms in total. The van der Waals surface area contributed by atoms with Gasteiger partial charge in [0.15, 0.2) is 0 Å². The van der Waals surface area contributed by atoms with Crippen LogP contribution in [0.4, 0.5) is 0 Å². The van der Waals surface area contributed by atoms with Crippen LogP contribution in [0.5, 0.6) is 5.75 Å². The molecule has 0 bridgehead atoms. The van der Waals surface area contributed by atoms with Gasteiger partial charge in [0.2, 0.25) is 9.04 Å². The third-order valence-electron chi connectivity index (χ3n) is 1.87. The number of benzene rings is 1. The summed E-state index contributed by atoms with van der Waals surface area (Å²) in [6.45, 7) is 7.75. The summed E-state index contributed by atoms with van der Waals surface area (Å²) in [6, 6.07) is 7.59. The van der Waals surface area contributed by atoms with Gasteiger partial charge < -0.3 is 9.16 Å². The molecule has 1 aromatic rings. The van der Waals surface area contributed by atoms with E-state index in [4.69, 9.17) is 9.16 Å². The Balaban J connectivity index is 2.70. The highest BCUT2D eigenvalue weighted by Crippen LogP contribution is 2.19. The predicted octanol–water partition coefficient (Wildman–Crippen LogP) is 2.28. The van der Waals surface area contributed by atoms with Crippen LogP contribution in [0.15, 0.2) is 36.9 Å². The lowest BCUT2D eigenvalue weighted by Crippen LogP contribution is -2.13. The fourth-order valence-electron chi connectivity index (χ4n) is 1.20. The van der Waals surface area contributed by atoms with E-state index in [1.54, 1.807) is 0 Å². The minimum absolute atomic E-state index is 0.224. The molecular weight excluding hydrogens is 220 g/mol. The molecule has 0 N–H and O–H groups in total. The topological polar surface area (TPSA) is 35.5 Å². The Morgan fingerprint density at radius 2 is 2.12 bits per heavy atom. The third-order valence-corrected chi connectivity index (χ3v) is 2.60. The number of para-hydroxylation sites is 1. The van der Waals surface area contributed by atoms with Gasteiger partial charge in [-0.2, -0.15) is 0 Å². The first-order valence-corrected chi connectivity index (χ1v) is 7.95. The summed E-state index contributed by atoms with van der Waals surface area (Å²) in [7, 11) is -1.14. The first-order chi connectivity index (χ1) is 7.63. The SMILES string of the molecule is C=CC(=O)OCc1ccccc1O[SiH](C)C. The van der Waals surface area contributed by atoms with Crippen LogP contribution < -0.4 is 4.43 Å². The molecule has 0 aromatic heterocycles. The molecule has 0 aliphatic rings. The number of esters is 1. The van der Waals surface area contributed by atoms with Crippen LogP contribution in [0, 0.1) is 0 Å². The van der Waals surface area contributed by atoms with Crippen LogP contribution in [-0.4, -0.2) is 15.0 Å². The molecule has 0 saturated heterocycles. The molecule has 1 aromatic carbocycles. The maximum absolute atomic E-state index is 10.9. The van der Waals surface area contributed by atoms with Crippen LogP contribution in [0.3, 0.4) is 0 Å². The van der Waals surface area contributed by atoms with E-state index in [0.717, 1.165) is 17.4 Å². The lowest BCUT2D eigenvalue weighted by atomic mass is 10.2. The zero-order valence-electron chi connectivity index (χ0n) is 9.60. The van der Waals surface area contributed by atoms with E-state index in [0.29, 0.717) is 0 Å². The molecule has 16 heavy (non-hydrogen) atoms. The molecule has 0 heterocycles. The summed E-state index contributed by atoms with van der Waals surface area (Å²) in [5.74, 6) is 0.387. The van der Waals surface area contributed by atoms with Crippen molar-refractivity contribution in [3.05, 3.63) is 42.5 Å². The summed E-state index contributed by atoms with van der Waals surface area (Å²) in [5, 5.41) is 0. The van der Waals surface area contributed by atoms with Crippen LogP contribution in [0.1, 0.15) is 5.56 Å². The van der Waals surface area contributed by atoms with Gasteiger partial charge in [0, 0.05) is 11.6 Å². The maximum Gasteiger partial charge on any atom is 0.330 e. The van der Waals surface area contributed by atoms with Crippen molar-refractivity contribution in [2.75, 3.05) is 0 Å². The Hall–Kier alpha value is -1.55. The molecule has 1 rings (SSSR count). The number of hydrogen-bond acceptors (Lipinski definition) is 3. The number of ether oxygens (including phenoxy) is 1. The first-order valence-electron chi connectivity index (χ1n) is 5.17. The second-order valence-corrected chi connectivity index (χ2v) is 5.92.